The van der Waals surface area contributed by atoms with E-state index in [1.165, 1.54) is 12.1 Å². The first-order chi connectivity index (χ1) is 7.66. The quantitative estimate of drug-likeness (QED) is 0.838. The Labute approximate surface area is 93.9 Å². The second-order valence-corrected chi connectivity index (χ2v) is 3.81. The van der Waals surface area contributed by atoms with Crippen molar-refractivity contribution in [2.24, 2.45) is 5.73 Å². The number of hydrogen-bond acceptors (Lipinski definition) is 2. The van der Waals surface area contributed by atoms with Crippen molar-refractivity contribution < 1.29 is 4.39 Å². The highest BCUT2D eigenvalue weighted by molar-refractivity contribution is 5.63. The topological polar surface area (TPSA) is 38.9 Å². The van der Waals surface area contributed by atoms with E-state index in [1.807, 2.05) is 19.1 Å². The molecule has 0 saturated heterocycles. The van der Waals surface area contributed by atoms with E-state index in [0.29, 0.717) is 0 Å². The molecule has 0 aliphatic carbocycles. The number of rotatable bonds is 2. The van der Waals surface area contributed by atoms with Crippen molar-refractivity contribution >= 4 is 0 Å². The first-order valence-electron chi connectivity index (χ1n) is 5.13. The molecule has 1 aromatic heterocycles. The third-order valence-electron chi connectivity index (χ3n) is 2.44. The van der Waals surface area contributed by atoms with E-state index < -0.39 is 0 Å². The fraction of sp³-hybridized carbons (Fsp3) is 0.154. The van der Waals surface area contributed by atoms with Gasteiger partial charge in [0.05, 0.1) is 0 Å². The molecule has 0 aliphatic rings. The first kappa shape index (κ1) is 10.8. The second kappa shape index (κ2) is 4.41. The second-order valence-electron chi connectivity index (χ2n) is 3.81. The van der Waals surface area contributed by atoms with E-state index >= 15 is 0 Å². The van der Waals surface area contributed by atoms with Gasteiger partial charge in [-0.05, 0) is 36.2 Å². The van der Waals surface area contributed by atoms with Crippen LogP contribution in [-0.4, -0.2) is 4.98 Å². The Balaban J connectivity index is 2.44. The average Bonchev–Trinajstić information content (AvgIpc) is 2.29. The summed E-state index contributed by atoms with van der Waals surface area (Å²) in [7, 11) is 0. The molecule has 0 spiro atoms. The van der Waals surface area contributed by atoms with E-state index in [9.17, 15) is 4.39 Å². The maximum Gasteiger partial charge on any atom is 0.123 e. The Morgan fingerprint density at radius 2 is 2.00 bits per heavy atom. The Morgan fingerprint density at radius 1 is 1.19 bits per heavy atom. The van der Waals surface area contributed by atoms with Crippen LogP contribution < -0.4 is 5.73 Å². The molecule has 0 amide bonds. The van der Waals surface area contributed by atoms with Crippen molar-refractivity contribution in [1.82, 2.24) is 4.98 Å². The Kier molecular flexibility index (Phi) is 2.97. The molecule has 0 fully saturated rings. The minimum atomic E-state index is -0.247. The normalized spacial score (nSPS) is 12.4. The first-order valence-corrected chi connectivity index (χ1v) is 5.13. The van der Waals surface area contributed by atoms with Gasteiger partial charge in [-0.2, -0.15) is 0 Å². The van der Waals surface area contributed by atoms with Crippen molar-refractivity contribution in [2.75, 3.05) is 0 Å². The zero-order chi connectivity index (χ0) is 11.5. The van der Waals surface area contributed by atoms with Crippen molar-refractivity contribution in [1.29, 1.82) is 0 Å². The number of nitrogens with zero attached hydrogens (tertiary/aromatic N) is 1. The lowest BCUT2D eigenvalue weighted by molar-refractivity contribution is 0.628. The van der Waals surface area contributed by atoms with Gasteiger partial charge in [-0.15, -0.1) is 0 Å². The minimum absolute atomic E-state index is 0.0685. The standard InChI is InChI=1S/C13H13FN2/c1-9(15)11-5-12(8-16-7-11)10-3-2-4-13(14)6-10/h2-9H,15H2,1H3. The van der Waals surface area contributed by atoms with Crippen LogP contribution in [0.1, 0.15) is 18.5 Å². The van der Waals surface area contributed by atoms with Crippen LogP contribution in [0.5, 0.6) is 0 Å². The lowest BCUT2D eigenvalue weighted by Crippen LogP contribution is -2.05. The van der Waals surface area contributed by atoms with Gasteiger partial charge in [-0.1, -0.05) is 12.1 Å². The zero-order valence-electron chi connectivity index (χ0n) is 9.02. The molecule has 0 radical (unpaired) electrons. The molecule has 16 heavy (non-hydrogen) atoms. The van der Waals surface area contributed by atoms with Crippen LogP contribution in [0.25, 0.3) is 11.1 Å². The number of benzene rings is 1. The van der Waals surface area contributed by atoms with Crippen molar-refractivity contribution in [3.63, 3.8) is 0 Å². The number of nitrogens with two attached hydrogens (primary N) is 1. The highest BCUT2D eigenvalue weighted by atomic mass is 19.1. The summed E-state index contributed by atoms with van der Waals surface area (Å²) >= 11 is 0. The summed E-state index contributed by atoms with van der Waals surface area (Å²) in [6.45, 7) is 1.90. The van der Waals surface area contributed by atoms with Gasteiger partial charge in [0.2, 0.25) is 0 Å². The minimum Gasteiger partial charge on any atom is -0.324 e. The molecule has 0 saturated carbocycles. The van der Waals surface area contributed by atoms with Gasteiger partial charge in [0.15, 0.2) is 0 Å². The van der Waals surface area contributed by atoms with Gasteiger partial charge >= 0.3 is 0 Å². The predicted molar refractivity (Wildman–Crippen MR) is 62.2 cm³/mol. The Morgan fingerprint density at radius 3 is 2.69 bits per heavy atom. The highest BCUT2D eigenvalue weighted by Gasteiger charge is 2.03. The molecule has 1 heterocycles. The van der Waals surface area contributed by atoms with Crippen LogP contribution in [0.3, 0.4) is 0 Å². The number of pyridine rings is 1. The van der Waals surface area contributed by atoms with Crippen LogP contribution in [0.4, 0.5) is 4.39 Å². The molecule has 1 atom stereocenters. The molecule has 2 nitrogen and oxygen atoms in total. The largest absolute Gasteiger partial charge is 0.324 e. The zero-order valence-corrected chi connectivity index (χ0v) is 9.02. The molecule has 2 rings (SSSR count). The molecule has 1 aromatic carbocycles. The van der Waals surface area contributed by atoms with Gasteiger partial charge in [0, 0.05) is 24.0 Å². The third kappa shape index (κ3) is 2.25. The maximum atomic E-state index is 13.1. The van der Waals surface area contributed by atoms with E-state index in [4.69, 9.17) is 5.73 Å². The van der Waals surface area contributed by atoms with Gasteiger partial charge < -0.3 is 5.73 Å². The molecule has 2 N–H and O–H groups in total. The maximum absolute atomic E-state index is 13.1. The summed E-state index contributed by atoms with van der Waals surface area (Å²) in [6.07, 6.45) is 3.44. The number of aromatic nitrogens is 1. The molecule has 82 valence electrons. The number of hydrogen-bond donors (Lipinski definition) is 1. The van der Waals surface area contributed by atoms with E-state index in [0.717, 1.165) is 16.7 Å². The summed E-state index contributed by atoms with van der Waals surface area (Å²) in [5.41, 5.74) is 8.42. The Hall–Kier alpha value is -1.74. The molecule has 2 aromatic rings. The monoisotopic (exact) mass is 216 g/mol. The molecule has 0 bridgehead atoms. The van der Waals surface area contributed by atoms with Gasteiger partial charge in [-0.3, -0.25) is 4.98 Å². The lowest BCUT2D eigenvalue weighted by Gasteiger charge is -2.07. The molecular formula is C13H13FN2. The van der Waals surface area contributed by atoms with Crippen LogP contribution in [0, 0.1) is 5.82 Å². The smallest absolute Gasteiger partial charge is 0.123 e. The predicted octanol–water partition coefficient (Wildman–Crippen LogP) is 2.91. The van der Waals surface area contributed by atoms with Crippen molar-refractivity contribution in [2.45, 2.75) is 13.0 Å². The summed E-state index contributed by atoms with van der Waals surface area (Å²) in [4.78, 5) is 4.11. The average molecular weight is 216 g/mol. The molecule has 0 aliphatic heterocycles. The summed E-state index contributed by atoms with van der Waals surface area (Å²) in [5.74, 6) is -0.247. The van der Waals surface area contributed by atoms with Crippen molar-refractivity contribution in [3.8, 4) is 11.1 Å². The van der Waals surface area contributed by atoms with E-state index in [2.05, 4.69) is 4.98 Å². The lowest BCUT2D eigenvalue weighted by atomic mass is 10.0. The molecule has 1 unspecified atom stereocenters. The third-order valence-corrected chi connectivity index (χ3v) is 2.44. The fourth-order valence-electron chi connectivity index (χ4n) is 1.53. The summed E-state index contributed by atoms with van der Waals surface area (Å²) < 4.78 is 13.1. The molecule has 3 heteroatoms. The van der Waals surface area contributed by atoms with Crippen LogP contribution in [0.15, 0.2) is 42.7 Å². The van der Waals surface area contributed by atoms with E-state index in [-0.39, 0.29) is 11.9 Å². The van der Waals surface area contributed by atoms with Crippen molar-refractivity contribution in [3.05, 3.63) is 54.1 Å². The van der Waals surface area contributed by atoms with Crippen LogP contribution in [-0.2, 0) is 0 Å². The van der Waals surface area contributed by atoms with Crippen LogP contribution in [0.2, 0.25) is 0 Å². The Bertz CT molecular complexity index is 495. The van der Waals surface area contributed by atoms with Crippen LogP contribution >= 0.6 is 0 Å². The van der Waals surface area contributed by atoms with Gasteiger partial charge in [-0.25, -0.2) is 4.39 Å². The number of halogens is 1. The van der Waals surface area contributed by atoms with Gasteiger partial charge in [0.1, 0.15) is 5.82 Å². The van der Waals surface area contributed by atoms with Gasteiger partial charge in [0.25, 0.3) is 0 Å². The fourth-order valence-corrected chi connectivity index (χ4v) is 1.53. The summed E-state index contributed by atoms with van der Waals surface area (Å²) in [6, 6.07) is 8.32. The SMILES string of the molecule is CC(N)c1cncc(-c2cccc(F)c2)c1. The summed E-state index contributed by atoms with van der Waals surface area (Å²) in [5, 5.41) is 0. The highest BCUT2D eigenvalue weighted by Crippen LogP contribution is 2.21. The van der Waals surface area contributed by atoms with E-state index in [1.54, 1.807) is 18.5 Å². The molecular weight excluding hydrogens is 203 g/mol.